The fourth-order valence-corrected chi connectivity index (χ4v) is 2.35. The largest absolute Gasteiger partial charge is 0.460 e. The van der Waals surface area contributed by atoms with Crippen molar-refractivity contribution in [3.63, 3.8) is 0 Å². The summed E-state index contributed by atoms with van der Waals surface area (Å²) in [6.07, 6.45) is -0.0162. The first kappa shape index (κ1) is 20.2. The van der Waals surface area contributed by atoms with E-state index in [-0.39, 0.29) is 30.8 Å². The van der Waals surface area contributed by atoms with Gasteiger partial charge in [0, 0.05) is 32.6 Å². The summed E-state index contributed by atoms with van der Waals surface area (Å²) in [5.41, 5.74) is 5.35. The molecule has 0 aliphatic carbocycles. The Morgan fingerprint density at radius 1 is 1.08 bits per heavy atom. The molecule has 2 N–H and O–H groups in total. The minimum absolute atomic E-state index is 0.104. The van der Waals surface area contributed by atoms with Gasteiger partial charge in [-0.15, -0.1) is 0 Å². The summed E-state index contributed by atoms with van der Waals surface area (Å²) in [5.74, 6) is -0.569. The predicted octanol–water partition coefficient (Wildman–Crippen LogP) is 0.736. The summed E-state index contributed by atoms with van der Waals surface area (Å²) >= 11 is 0. The maximum atomic E-state index is 12.3. The van der Waals surface area contributed by atoms with Crippen LogP contribution in [0.4, 0.5) is 4.79 Å². The Balaban J connectivity index is 2.37. The van der Waals surface area contributed by atoms with E-state index in [4.69, 9.17) is 15.2 Å². The van der Waals surface area contributed by atoms with Crippen LogP contribution in [0.2, 0.25) is 0 Å². The molecule has 1 fully saturated rings. The maximum absolute atomic E-state index is 12.3. The number of esters is 1. The third-order valence-electron chi connectivity index (χ3n) is 3.51. The Bertz CT molecular complexity index is 453. The third-order valence-corrected chi connectivity index (χ3v) is 3.51. The number of carbonyl (C=O) groups excluding carboxylic acids is 3. The van der Waals surface area contributed by atoms with Gasteiger partial charge >= 0.3 is 12.1 Å². The number of piperazine rings is 1. The van der Waals surface area contributed by atoms with Crippen molar-refractivity contribution >= 4 is 18.0 Å². The van der Waals surface area contributed by atoms with Crippen LogP contribution in [0.25, 0.3) is 0 Å². The second-order valence-corrected chi connectivity index (χ2v) is 6.74. The van der Waals surface area contributed by atoms with Crippen LogP contribution in [-0.4, -0.2) is 72.2 Å². The van der Waals surface area contributed by atoms with Crippen LogP contribution in [0.3, 0.4) is 0 Å². The average Bonchev–Trinajstić information content (AvgIpc) is 2.50. The average molecular weight is 343 g/mol. The lowest BCUT2D eigenvalue weighted by molar-refractivity contribution is -0.155. The van der Waals surface area contributed by atoms with Crippen molar-refractivity contribution in [2.75, 3.05) is 32.8 Å². The van der Waals surface area contributed by atoms with Crippen LogP contribution in [0.15, 0.2) is 0 Å². The highest BCUT2D eigenvalue weighted by molar-refractivity contribution is 5.82. The summed E-state index contributed by atoms with van der Waals surface area (Å²) in [7, 11) is 0. The first-order chi connectivity index (χ1) is 11.1. The quantitative estimate of drug-likeness (QED) is 0.739. The van der Waals surface area contributed by atoms with E-state index in [1.165, 1.54) is 0 Å². The minimum atomic E-state index is -0.744. The lowest BCUT2D eigenvalue weighted by Gasteiger charge is -2.35. The van der Waals surface area contributed by atoms with E-state index in [1.807, 2.05) is 0 Å². The molecular formula is C16H29N3O5. The van der Waals surface area contributed by atoms with Crippen molar-refractivity contribution in [3.8, 4) is 0 Å². The van der Waals surface area contributed by atoms with Gasteiger partial charge in [0.05, 0.1) is 12.6 Å². The molecule has 0 radical (unpaired) electrons. The molecule has 1 heterocycles. The lowest BCUT2D eigenvalue weighted by atomic mass is 10.1. The van der Waals surface area contributed by atoms with Crippen molar-refractivity contribution in [1.29, 1.82) is 0 Å². The number of hydrogen-bond donors (Lipinski definition) is 1. The zero-order valence-electron chi connectivity index (χ0n) is 15.0. The molecule has 8 nitrogen and oxygen atoms in total. The SMILES string of the molecule is CCOC(=O)N1CCN(C(=O)C(N)CCC(=O)OC(C)(C)C)CC1. The first-order valence-corrected chi connectivity index (χ1v) is 8.32. The standard InChI is InChI=1S/C16H29N3O5/c1-5-23-15(22)19-10-8-18(9-11-19)14(21)12(17)6-7-13(20)24-16(2,3)4/h12H,5-11,17H2,1-4H3. The number of nitrogens with zero attached hydrogens (tertiary/aromatic N) is 2. The molecule has 1 saturated heterocycles. The van der Waals surface area contributed by atoms with Crippen molar-refractivity contribution in [1.82, 2.24) is 9.80 Å². The molecule has 2 amide bonds. The Morgan fingerprint density at radius 2 is 1.62 bits per heavy atom. The number of nitrogens with two attached hydrogens (primary N) is 1. The van der Waals surface area contributed by atoms with Crippen molar-refractivity contribution in [3.05, 3.63) is 0 Å². The van der Waals surface area contributed by atoms with Crippen LogP contribution >= 0.6 is 0 Å². The Labute approximate surface area is 143 Å². The molecule has 0 spiro atoms. The van der Waals surface area contributed by atoms with Crippen LogP contribution in [0, 0.1) is 0 Å². The normalized spacial score (nSPS) is 16.5. The molecule has 138 valence electrons. The highest BCUT2D eigenvalue weighted by atomic mass is 16.6. The van der Waals surface area contributed by atoms with Crippen LogP contribution in [0.1, 0.15) is 40.5 Å². The number of rotatable bonds is 5. The van der Waals surface area contributed by atoms with Gasteiger partial charge in [-0.25, -0.2) is 4.79 Å². The zero-order valence-corrected chi connectivity index (χ0v) is 15.0. The Kier molecular flexibility index (Phi) is 7.47. The molecule has 1 atom stereocenters. The minimum Gasteiger partial charge on any atom is -0.460 e. The van der Waals surface area contributed by atoms with E-state index in [2.05, 4.69) is 0 Å². The predicted molar refractivity (Wildman–Crippen MR) is 88.2 cm³/mol. The molecule has 0 aromatic carbocycles. The van der Waals surface area contributed by atoms with Gasteiger partial charge in [-0.05, 0) is 34.1 Å². The van der Waals surface area contributed by atoms with Gasteiger partial charge in [0.2, 0.25) is 5.91 Å². The first-order valence-electron chi connectivity index (χ1n) is 8.32. The third kappa shape index (κ3) is 6.74. The number of carbonyl (C=O) groups is 3. The number of amides is 2. The summed E-state index contributed by atoms with van der Waals surface area (Å²) < 4.78 is 10.1. The van der Waals surface area contributed by atoms with Crippen LogP contribution in [-0.2, 0) is 19.1 Å². The summed E-state index contributed by atoms with van der Waals surface area (Å²) in [6, 6.07) is -0.744. The Hall–Kier alpha value is -1.83. The fourth-order valence-electron chi connectivity index (χ4n) is 2.35. The number of hydrogen-bond acceptors (Lipinski definition) is 6. The van der Waals surface area contributed by atoms with Crippen molar-refractivity contribution < 1.29 is 23.9 Å². The van der Waals surface area contributed by atoms with Crippen LogP contribution < -0.4 is 5.73 Å². The highest BCUT2D eigenvalue weighted by Gasteiger charge is 2.28. The van der Waals surface area contributed by atoms with Gasteiger partial charge in [0.1, 0.15) is 5.60 Å². The molecule has 0 aromatic heterocycles. The van der Waals surface area contributed by atoms with Gasteiger partial charge in [-0.1, -0.05) is 0 Å². The molecule has 0 saturated carbocycles. The summed E-state index contributed by atoms with van der Waals surface area (Å²) in [6.45, 7) is 9.12. The molecule has 1 rings (SSSR count). The zero-order chi connectivity index (χ0) is 18.3. The van der Waals surface area contributed by atoms with Gasteiger partial charge in [-0.3, -0.25) is 9.59 Å². The van der Waals surface area contributed by atoms with E-state index in [1.54, 1.807) is 37.5 Å². The van der Waals surface area contributed by atoms with E-state index >= 15 is 0 Å². The number of ether oxygens (including phenoxy) is 2. The van der Waals surface area contributed by atoms with E-state index in [9.17, 15) is 14.4 Å². The second kappa shape index (κ2) is 8.86. The maximum Gasteiger partial charge on any atom is 0.409 e. The fraction of sp³-hybridized carbons (Fsp3) is 0.812. The van der Waals surface area contributed by atoms with Gasteiger partial charge in [0.25, 0.3) is 0 Å². The van der Waals surface area contributed by atoms with Gasteiger partial charge in [0.15, 0.2) is 0 Å². The molecule has 0 bridgehead atoms. The monoisotopic (exact) mass is 343 g/mol. The molecule has 1 unspecified atom stereocenters. The van der Waals surface area contributed by atoms with E-state index in [0.29, 0.717) is 32.8 Å². The molecule has 24 heavy (non-hydrogen) atoms. The van der Waals surface area contributed by atoms with Crippen molar-refractivity contribution in [2.24, 2.45) is 5.73 Å². The van der Waals surface area contributed by atoms with E-state index < -0.39 is 11.6 Å². The summed E-state index contributed by atoms with van der Waals surface area (Å²) in [5, 5.41) is 0. The molecule has 0 aromatic rings. The summed E-state index contributed by atoms with van der Waals surface area (Å²) in [4.78, 5) is 38.8. The molecule has 1 aliphatic heterocycles. The lowest BCUT2D eigenvalue weighted by Crippen LogP contribution is -2.54. The highest BCUT2D eigenvalue weighted by Crippen LogP contribution is 2.11. The Morgan fingerprint density at radius 3 is 2.12 bits per heavy atom. The van der Waals surface area contributed by atoms with Crippen molar-refractivity contribution in [2.45, 2.75) is 52.2 Å². The second-order valence-electron chi connectivity index (χ2n) is 6.74. The molecule has 8 heteroatoms. The molecular weight excluding hydrogens is 314 g/mol. The topological polar surface area (TPSA) is 102 Å². The van der Waals surface area contributed by atoms with Crippen LogP contribution in [0.5, 0.6) is 0 Å². The van der Waals surface area contributed by atoms with Gasteiger partial charge in [-0.2, -0.15) is 0 Å². The van der Waals surface area contributed by atoms with E-state index in [0.717, 1.165) is 0 Å². The van der Waals surface area contributed by atoms with Gasteiger partial charge < -0.3 is 25.0 Å². The molecule has 1 aliphatic rings. The smallest absolute Gasteiger partial charge is 0.409 e.